The van der Waals surface area contributed by atoms with Crippen LogP contribution >= 0.6 is 0 Å². The second-order valence-electron chi connectivity index (χ2n) is 7.26. The molecule has 0 spiro atoms. The Kier molecular flexibility index (Phi) is 5.34. The van der Waals surface area contributed by atoms with E-state index in [-0.39, 0.29) is 11.9 Å². The Morgan fingerprint density at radius 1 is 1.00 bits per heavy atom. The molecule has 3 rings (SSSR count). The molecule has 0 fully saturated rings. The highest BCUT2D eigenvalue weighted by molar-refractivity contribution is 5.94. The fourth-order valence-corrected chi connectivity index (χ4v) is 3.55. The molecule has 0 aromatic heterocycles. The standard InChI is InChI=1S/C22H27NO/c1-16(2)14-21(18-9-4-3-5-10-18)23-22(24)20-13-12-17-8-6-7-11-19(17)15-20/h3-5,9-10,12-13,15-16,21H,6-8,11,14H2,1-2H3,(H,23,24). The summed E-state index contributed by atoms with van der Waals surface area (Å²) in [6, 6.07) is 16.6. The van der Waals surface area contributed by atoms with Crippen LogP contribution in [0.15, 0.2) is 48.5 Å². The first-order valence-corrected chi connectivity index (χ1v) is 9.11. The molecule has 2 heteroatoms. The molecule has 24 heavy (non-hydrogen) atoms. The molecule has 1 unspecified atom stereocenters. The maximum absolute atomic E-state index is 12.8. The van der Waals surface area contributed by atoms with Crippen molar-refractivity contribution in [3.63, 3.8) is 0 Å². The molecule has 0 saturated heterocycles. The molecule has 1 atom stereocenters. The van der Waals surface area contributed by atoms with Gasteiger partial charge in [0.1, 0.15) is 0 Å². The smallest absolute Gasteiger partial charge is 0.251 e. The van der Waals surface area contributed by atoms with Gasteiger partial charge in [-0.1, -0.05) is 50.2 Å². The van der Waals surface area contributed by atoms with Crippen LogP contribution < -0.4 is 5.32 Å². The molecule has 0 radical (unpaired) electrons. The second-order valence-corrected chi connectivity index (χ2v) is 7.26. The molecule has 2 nitrogen and oxygen atoms in total. The third-order valence-corrected chi connectivity index (χ3v) is 4.83. The van der Waals surface area contributed by atoms with Crippen LogP contribution in [0, 0.1) is 5.92 Å². The summed E-state index contributed by atoms with van der Waals surface area (Å²) in [6.07, 6.45) is 5.70. The summed E-state index contributed by atoms with van der Waals surface area (Å²) in [4.78, 5) is 12.8. The van der Waals surface area contributed by atoms with Gasteiger partial charge in [-0.3, -0.25) is 4.79 Å². The number of carbonyl (C=O) groups is 1. The van der Waals surface area contributed by atoms with Gasteiger partial charge in [-0.05, 0) is 66.8 Å². The number of fused-ring (bicyclic) bond motifs is 1. The number of nitrogens with one attached hydrogen (secondary N) is 1. The van der Waals surface area contributed by atoms with E-state index in [1.54, 1.807) is 0 Å². The molecule has 1 amide bonds. The summed E-state index contributed by atoms with van der Waals surface area (Å²) >= 11 is 0. The van der Waals surface area contributed by atoms with Crippen molar-refractivity contribution >= 4 is 5.91 Å². The zero-order chi connectivity index (χ0) is 16.9. The normalized spacial score (nSPS) is 15.0. The Hall–Kier alpha value is -2.09. The topological polar surface area (TPSA) is 29.1 Å². The molecule has 2 aromatic carbocycles. The quantitative estimate of drug-likeness (QED) is 0.817. The second kappa shape index (κ2) is 7.65. The van der Waals surface area contributed by atoms with E-state index in [0.29, 0.717) is 5.92 Å². The zero-order valence-corrected chi connectivity index (χ0v) is 14.7. The first-order chi connectivity index (χ1) is 11.6. The van der Waals surface area contributed by atoms with Crippen LogP contribution in [0.3, 0.4) is 0 Å². The highest BCUT2D eigenvalue weighted by Crippen LogP contribution is 2.24. The average Bonchev–Trinajstić information content (AvgIpc) is 2.61. The minimum atomic E-state index is 0.0397. The lowest BCUT2D eigenvalue weighted by Gasteiger charge is -2.22. The summed E-state index contributed by atoms with van der Waals surface area (Å²) in [7, 11) is 0. The number of hydrogen-bond acceptors (Lipinski definition) is 1. The number of carbonyl (C=O) groups excluding carboxylic acids is 1. The lowest BCUT2D eigenvalue weighted by Crippen LogP contribution is -2.29. The predicted octanol–water partition coefficient (Wildman–Crippen LogP) is 5.08. The van der Waals surface area contributed by atoms with Crippen molar-refractivity contribution < 1.29 is 4.79 Å². The molecule has 2 aromatic rings. The Bertz CT molecular complexity index is 690. The highest BCUT2D eigenvalue weighted by Gasteiger charge is 2.18. The van der Waals surface area contributed by atoms with Crippen molar-refractivity contribution in [1.82, 2.24) is 5.32 Å². The molecule has 0 heterocycles. The van der Waals surface area contributed by atoms with Crippen LogP contribution in [0.2, 0.25) is 0 Å². The van der Waals surface area contributed by atoms with Crippen LogP contribution in [0.1, 0.15) is 66.2 Å². The van der Waals surface area contributed by atoms with Crippen LogP contribution in [0.4, 0.5) is 0 Å². The fraction of sp³-hybridized carbons (Fsp3) is 0.409. The van der Waals surface area contributed by atoms with Gasteiger partial charge in [-0.25, -0.2) is 0 Å². The van der Waals surface area contributed by atoms with Crippen molar-refractivity contribution in [3.8, 4) is 0 Å². The summed E-state index contributed by atoms with van der Waals surface area (Å²) < 4.78 is 0. The molecule has 1 aliphatic carbocycles. The van der Waals surface area contributed by atoms with Crippen molar-refractivity contribution in [2.75, 3.05) is 0 Å². The first kappa shape index (κ1) is 16.8. The van der Waals surface area contributed by atoms with E-state index in [1.807, 2.05) is 24.3 Å². The molecule has 1 N–H and O–H groups in total. The van der Waals surface area contributed by atoms with Crippen LogP contribution in [0.25, 0.3) is 0 Å². The molecule has 126 valence electrons. The van der Waals surface area contributed by atoms with E-state index in [1.165, 1.54) is 29.5 Å². The van der Waals surface area contributed by atoms with Crippen LogP contribution in [-0.4, -0.2) is 5.91 Å². The highest BCUT2D eigenvalue weighted by atomic mass is 16.1. The Morgan fingerprint density at radius 3 is 2.42 bits per heavy atom. The fourth-order valence-electron chi connectivity index (χ4n) is 3.55. The number of aryl methyl sites for hydroxylation is 2. The summed E-state index contributed by atoms with van der Waals surface area (Å²) in [5, 5.41) is 3.25. The maximum atomic E-state index is 12.8. The number of amides is 1. The number of rotatable bonds is 5. The van der Waals surface area contributed by atoms with Gasteiger partial charge in [0.2, 0.25) is 0 Å². The van der Waals surface area contributed by atoms with Gasteiger partial charge >= 0.3 is 0 Å². The average molecular weight is 321 g/mol. The van der Waals surface area contributed by atoms with Crippen molar-refractivity contribution in [3.05, 3.63) is 70.8 Å². The SMILES string of the molecule is CC(C)CC(NC(=O)c1ccc2c(c1)CCCC2)c1ccccc1. The summed E-state index contributed by atoms with van der Waals surface area (Å²) in [5.41, 5.74) is 4.74. The van der Waals surface area contributed by atoms with E-state index in [4.69, 9.17) is 0 Å². The van der Waals surface area contributed by atoms with E-state index >= 15 is 0 Å². The Labute approximate surface area is 145 Å². The summed E-state index contributed by atoms with van der Waals surface area (Å²) in [5.74, 6) is 0.567. The van der Waals surface area contributed by atoms with Gasteiger partial charge in [0, 0.05) is 5.56 Å². The van der Waals surface area contributed by atoms with Crippen molar-refractivity contribution in [1.29, 1.82) is 0 Å². The largest absolute Gasteiger partial charge is 0.345 e. The third kappa shape index (κ3) is 4.05. The lowest BCUT2D eigenvalue weighted by atomic mass is 9.90. The lowest BCUT2D eigenvalue weighted by molar-refractivity contribution is 0.0932. The van der Waals surface area contributed by atoms with Gasteiger partial charge in [-0.2, -0.15) is 0 Å². The minimum absolute atomic E-state index is 0.0397. The Morgan fingerprint density at radius 2 is 1.71 bits per heavy atom. The predicted molar refractivity (Wildman–Crippen MR) is 99.2 cm³/mol. The number of hydrogen-bond donors (Lipinski definition) is 1. The van der Waals surface area contributed by atoms with Gasteiger partial charge in [0.05, 0.1) is 6.04 Å². The van der Waals surface area contributed by atoms with E-state index < -0.39 is 0 Å². The molecule has 1 aliphatic rings. The molecule has 0 aliphatic heterocycles. The Balaban J connectivity index is 1.78. The summed E-state index contributed by atoms with van der Waals surface area (Å²) in [6.45, 7) is 4.39. The van der Waals surface area contributed by atoms with E-state index in [2.05, 4.69) is 43.4 Å². The van der Waals surface area contributed by atoms with E-state index in [0.717, 1.165) is 24.8 Å². The molecule has 0 bridgehead atoms. The van der Waals surface area contributed by atoms with Gasteiger partial charge in [0.25, 0.3) is 5.91 Å². The zero-order valence-electron chi connectivity index (χ0n) is 14.7. The monoisotopic (exact) mass is 321 g/mol. The maximum Gasteiger partial charge on any atom is 0.251 e. The van der Waals surface area contributed by atoms with Gasteiger partial charge in [-0.15, -0.1) is 0 Å². The van der Waals surface area contributed by atoms with E-state index in [9.17, 15) is 4.79 Å². The molecular weight excluding hydrogens is 294 g/mol. The van der Waals surface area contributed by atoms with Gasteiger partial charge < -0.3 is 5.32 Å². The van der Waals surface area contributed by atoms with Gasteiger partial charge in [0.15, 0.2) is 0 Å². The number of benzene rings is 2. The molecule has 0 saturated carbocycles. The third-order valence-electron chi connectivity index (χ3n) is 4.83. The first-order valence-electron chi connectivity index (χ1n) is 9.11. The van der Waals surface area contributed by atoms with Crippen LogP contribution in [-0.2, 0) is 12.8 Å². The minimum Gasteiger partial charge on any atom is -0.345 e. The van der Waals surface area contributed by atoms with Crippen LogP contribution in [0.5, 0.6) is 0 Å². The van der Waals surface area contributed by atoms with Crippen molar-refractivity contribution in [2.24, 2.45) is 5.92 Å². The molecular formula is C22H27NO. The van der Waals surface area contributed by atoms with Crippen molar-refractivity contribution in [2.45, 2.75) is 52.0 Å².